The van der Waals surface area contributed by atoms with Gasteiger partial charge >= 0.3 is 0 Å². The Kier molecular flexibility index (Phi) is 5.74. The molecule has 0 bridgehead atoms. The highest BCUT2D eigenvalue weighted by Gasteiger charge is 2.34. The second-order valence-electron chi connectivity index (χ2n) is 5.83. The molecule has 0 saturated carbocycles. The van der Waals surface area contributed by atoms with Crippen LogP contribution in [0.5, 0.6) is 0 Å². The van der Waals surface area contributed by atoms with Crippen LogP contribution in [0.3, 0.4) is 0 Å². The first-order valence-electron chi connectivity index (χ1n) is 7.93. The van der Waals surface area contributed by atoms with Crippen LogP contribution in [0.15, 0.2) is 24.3 Å². The molecule has 1 heterocycles. The number of benzene rings is 1. The molecule has 1 aromatic rings. The summed E-state index contributed by atoms with van der Waals surface area (Å²) < 4.78 is 13.0. The zero-order chi connectivity index (χ0) is 15.2. The maximum absolute atomic E-state index is 13.0. The van der Waals surface area contributed by atoms with E-state index >= 15 is 0 Å². The Bertz CT molecular complexity index is 460. The van der Waals surface area contributed by atoms with E-state index < -0.39 is 0 Å². The van der Waals surface area contributed by atoms with E-state index in [-0.39, 0.29) is 23.9 Å². The molecule has 2 unspecified atom stereocenters. The van der Waals surface area contributed by atoms with Crippen LogP contribution in [-0.2, 0) is 4.79 Å². The van der Waals surface area contributed by atoms with Crippen LogP contribution < -0.4 is 5.32 Å². The molecule has 0 spiro atoms. The van der Waals surface area contributed by atoms with Gasteiger partial charge in [-0.3, -0.25) is 10.1 Å². The van der Waals surface area contributed by atoms with Crippen LogP contribution in [0.25, 0.3) is 0 Å². The second-order valence-corrected chi connectivity index (χ2v) is 5.83. The molecule has 1 aliphatic rings. The maximum atomic E-state index is 13.0. The van der Waals surface area contributed by atoms with Gasteiger partial charge < -0.3 is 4.90 Å². The van der Waals surface area contributed by atoms with E-state index in [0.29, 0.717) is 6.54 Å². The molecule has 116 valence electrons. The number of carbonyl (C=O) groups excluding carboxylic acids is 1. The number of nitrogens with one attached hydrogen (secondary N) is 1. The van der Waals surface area contributed by atoms with E-state index in [1.807, 2.05) is 4.90 Å². The van der Waals surface area contributed by atoms with E-state index in [1.165, 1.54) is 31.4 Å². The molecule has 1 saturated heterocycles. The quantitative estimate of drug-likeness (QED) is 0.779. The number of hydrogen-bond acceptors (Lipinski definition) is 2. The van der Waals surface area contributed by atoms with E-state index in [0.717, 1.165) is 18.4 Å². The zero-order valence-corrected chi connectivity index (χ0v) is 12.9. The lowest BCUT2D eigenvalue weighted by Gasteiger charge is -2.31. The van der Waals surface area contributed by atoms with Crippen LogP contribution in [0.4, 0.5) is 4.39 Å². The van der Waals surface area contributed by atoms with Gasteiger partial charge in [-0.15, -0.1) is 0 Å². The largest absolute Gasteiger partial charge is 0.319 e. The van der Waals surface area contributed by atoms with Crippen molar-refractivity contribution in [3.05, 3.63) is 35.6 Å². The molecule has 2 atom stereocenters. The summed E-state index contributed by atoms with van der Waals surface area (Å²) in [5.41, 5.74) is 0.947. The van der Waals surface area contributed by atoms with Crippen molar-refractivity contribution < 1.29 is 9.18 Å². The van der Waals surface area contributed by atoms with Gasteiger partial charge in [-0.1, -0.05) is 44.7 Å². The fourth-order valence-electron chi connectivity index (χ4n) is 2.95. The molecule has 0 aromatic heterocycles. The minimum absolute atomic E-state index is 0.126. The molecule has 2 rings (SSSR count). The first kappa shape index (κ1) is 16.0. The molecule has 1 aliphatic heterocycles. The fourth-order valence-corrected chi connectivity index (χ4v) is 2.95. The minimum Gasteiger partial charge on any atom is -0.319 e. The van der Waals surface area contributed by atoms with Crippen molar-refractivity contribution in [3.8, 4) is 0 Å². The summed E-state index contributed by atoms with van der Waals surface area (Å²) in [5, 5.41) is 3.23. The average molecular weight is 292 g/mol. The van der Waals surface area contributed by atoms with Gasteiger partial charge in [0.25, 0.3) is 0 Å². The lowest BCUT2D eigenvalue weighted by molar-refractivity contribution is -0.130. The third-order valence-electron chi connectivity index (χ3n) is 4.15. The summed E-state index contributed by atoms with van der Waals surface area (Å²) in [7, 11) is 0. The third-order valence-corrected chi connectivity index (χ3v) is 4.15. The molecular weight excluding hydrogens is 267 g/mol. The van der Waals surface area contributed by atoms with Crippen LogP contribution >= 0.6 is 0 Å². The molecule has 0 radical (unpaired) electrons. The van der Waals surface area contributed by atoms with Crippen LogP contribution in [0, 0.1) is 5.82 Å². The average Bonchev–Trinajstić information content (AvgIpc) is 2.86. The summed E-state index contributed by atoms with van der Waals surface area (Å²) in [5.74, 6) is -0.116. The highest BCUT2D eigenvalue weighted by molar-refractivity contribution is 5.81. The molecule has 1 N–H and O–H groups in total. The maximum Gasteiger partial charge on any atom is 0.238 e. The van der Waals surface area contributed by atoms with Crippen LogP contribution in [-0.4, -0.2) is 23.4 Å². The summed E-state index contributed by atoms with van der Waals surface area (Å²) in [6, 6.07) is 6.61. The van der Waals surface area contributed by atoms with Gasteiger partial charge in [0.2, 0.25) is 5.91 Å². The molecule has 1 fully saturated rings. The van der Waals surface area contributed by atoms with Gasteiger partial charge in [0, 0.05) is 6.04 Å². The Morgan fingerprint density at radius 2 is 2.00 bits per heavy atom. The SMILES string of the molecule is CCCCCCC(C)N1C(=O)CNC1c1ccc(F)cc1. The Labute approximate surface area is 126 Å². The van der Waals surface area contributed by atoms with Crippen molar-refractivity contribution in [1.29, 1.82) is 0 Å². The summed E-state index contributed by atoms with van der Waals surface area (Å²) in [6.07, 6.45) is 5.73. The Morgan fingerprint density at radius 1 is 1.29 bits per heavy atom. The fraction of sp³-hybridized carbons (Fsp3) is 0.588. The van der Waals surface area contributed by atoms with E-state index in [2.05, 4.69) is 19.2 Å². The molecule has 4 heteroatoms. The summed E-state index contributed by atoms with van der Waals surface area (Å²) >= 11 is 0. The lowest BCUT2D eigenvalue weighted by atomic mass is 10.1. The second kappa shape index (κ2) is 7.55. The van der Waals surface area contributed by atoms with Crippen LogP contribution in [0.2, 0.25) is 0 Å². The van der Waals surface area contributed by atoms with Gasteiger partial charge in [-0.2, -0.15) is 0 Å². The number of amides is 1. The molecule has 3 nitrogen and oxygen atoms in total. The molecule has 1 aromatic carbocycles. The van der Waals surface area contributed by atoms with Crippen molar-refractivity contribution >= 4 is 5.91 Å². The van der Waals surface area contributed by atoms with Crippen molar-refractivity contribution in [2.24, 2.45) is 0 Å². The number of unbranched alkanes of at least 4 members (excludes halogenated alkanes) is 3. The van der Waals surface area contributed by atoms with Crippen molar-refractivity contribution in [1.82, 2.24) is 10.2 Å². The Hall–Kier alpha value is -1.42. The van der Waals surface area contributed by atoms with Crippen molar-refractivity contribution in [3.63, 3.8) is 0 Å². The van der Waals surface area contributed by atoms with E-state index in [1.54, 1.807) is 12.1 Å². The molecular formula is C17H25FN2O. The van der Waals surface area contributed by atoms with Gasteiger partial charge in [0.05, 0.1) is 6.54 Å². The zero-order valence-electron chi connectivity index (χ0n) is 12.9. The highest BCUT2D eigenvalue weighted by Crippen LogP contribution is 2.27. The summed E-state index contributed by atoms with van der Waals surface area (Å²) in [4.78, 5) is 14.1. The van der Waals surface area contributed by atoms with Gasteiger partial charge in [-0.05, 0) is 31.0 Å². The third kappa shape index (κ3) is 4.03. The first-order valence-corrected chi connectivity index (χ1v) is 7.93. The predicted octanol–water partition coefficient (Wildman–Crippen LogP) is 3.62. The first-order chi connectivity index (χ1) is 10.1. The normalized spacial score (nSPS) is 20.0. The smallest absolute Gasteiger partial charge is 0.238 e. The molecule has 0 aliphatic carbocycles. The van der Waals surface area contributed by atoms with Gasteiger partial charge in [0.15, 0.2) is 0 Å². The Morgan fingerprint density at radius 3 is 2.67 bits per heavy atom. The van der Waals surface area contributed by atoms with E-state index in [9.17, 15) is 9.18 Å². The minimum atomic E-state index is -0.248. The highest BCUT2D eigenvalue weighted by atomic mass is 19.1. The topological polar surface area (TPSA) is 32.3 Å². The van der Waals surface area contributed by atoms with E-state index in [4.69, 9.17) is 0 Å². The number of nitrogens with zero attached hydrogens (tertiary/aromatic N) is 1. The summed E-state index contributed by atoms with van der Waals surface area (Å²) in [6.45, 7) is 4.66. The Balaban J connectivity index is 2.00. The van der Waals surface area contributed by atoms with Gasteiger partial charge in [0.1, 0.15) is 12.0 Å². The molecule has 1 amide bonds. The van der Waals surface area contributed by atoms with Gasteiger partial charge in [-0.25, -0.2) is 4.39 Å². The lowest BCUT2D eigenvalue weighted by Crippen LogP contribution is -2.37. The monoisotopic (exact) mass is 292 g/mol. The predicted molar refractivity (Wildman–Crippen MR) is 82.2 cm³/mol. The number of carbonyl (C=O) groups is 1. The number of rotatable bonds is 7. The number of halogens is 1. The van der Waals surface area contributed by atoms with Crippen LogP contribution in [0.1, 0.15) is 57.7 Å². The molecule has 21 heavy (non-hydrogen) atoms. The van der Waals surface area contributed by atoms with Crippen molar-refractivity contribution in [2.75, 3.05) is 6.54 Å². The number of hydrogen-bond donors (Lipinski definition) is 1. The standard InChI is InChI=1S/C17H25FN2O/c1-3-4-5-6-7-13(2)20-16(21)12-19-17(20)14-8-10-15(18)11-9-14/h8-11,13,17,19H,3-7,12H2,1-2H3. The van der Waals surface area contributed by atoms with Crippen molar-refractivity contribution in [2.45, 2.75) is 58.2 Å².